The summed E-state index contributed by atoms with van der Waals surface area (Å²) in [5.41, 5.74) is 1.24. The number of rotatable bonds is 4. The van der Waals surface area contributed by atoms with E-state index in [0.29, 0.717) is 0 Å². The maximum Gasteiger partial charge on any atom is 0.0984 e. The van der Waals surface area contributed by atoms with Gasteiger partial charge in [0.15, 0.2) is 0 Å². The lowest BCUT2D eigenvalue weighted by Crippen LogP contribution is -2.07. The van der Waals surface area contributed by atoms with Crippen molar-refractivity contribution >= 4 is 23.4 Å². The fraction of sp³-hybridized carbons (Fsp3) is 0.143. The van der Waals surface area contributed by atoms with Crippen molar-refractivity contribution in [1.29, 1.82) is 0 Å². The smallest absolute Gasteiger partial charge is 0.0984 e. The van der Waals surface area contributed by atoms with Crippen LogP contribution in [0.25, 0.3) is 0 Å². The highest BCUT2D eigenvalue weighted by atomic mass is 32.4. The molecule has 0 amide bonds. The first-order valence-corrected chi connectivity index (χ1v) is 8.39. The Bertz CT molecular complexity index is 510. The van der Waals surface area contributed by atoms with Crippen LogP contribution in [0.5, 0.6) is 0 Å². The van der Waals surface area contributed by atoms with Gasteiger partial charge in [0.2, 0.25) is 0 Å². The van der Waals surface area contributed by atoms with Crippen molar-refractivity contribution in [2.45, 2.75) is 6.16 Å². The molecule has 17 heavy (non-hydrogen) atoms. The fourth-order valence-corrected chi connectivity index (χ4v) is 4.39. The first-order chi connectivity index (χ1) is 8.24. The molecule has 1 atom stereocenters. The molecule has 0 spiro atoms. The molecule has 0 heterocycles. The molecule has 0 bridgehead atoms. The van der Waals surface area contributed by atoms with E-state index in [2.05, 4.69) is 24.3 Å². The Hall–Kier alpha value is -0.950. The predicted octanol–water partition coefficient (Wildman–Crippen LogP) is 3.55. The average molecular weight is 262 g/mol. The summed E-state index contributed by atoms with van der Waals surface area (Å²) < 4.78 is 5.65. The first-order valence-electron chi connectivity index (χ1n) is 5.49. The van der Waals surface area contributed by atoms with Gasteiger partial charge in [0.25, 0.3) is 0 Å². The minimum Gasteiger partial charge on any atom is -0.349 e. The Morgan fingerprint density at radius 1 is 0.941 bits per heavy atom. The fourth-order valence-electron chi connectivity index (χ4n) is 1.74. The zero-order valence-corrected chi connectivity index (χ0v) is 11.5. The van der Waals surface area contributed by atoms with E-state index in [4.69, 9.17) is 16.3 Å². The normalized spacial score (nSPS) is 14.2. The molecule has 0 aliphatic rings. The van der Waals surface area contributed by atoms with Crippen molar-refractivity contribution in [3.8, 4) is 0 Å². The molecule has 3 heteroatoms. The summed E-state index contributed by atoms with van der Waals surface area (Å²) in [5.74, 6) is 0. The average Bonchev–Trinajstić information content (AvgIpc) is 2.41. The molecule has 1 nitrogen and oxygen atoms in total. The van der Waals surface area contributed by atoms with Gasteiger partial charge in [0.05, 0.1) is 6.26 Å². The molecule has 0 N–H and O–H groups in total. The van der Waals surface area contributed by atoms with Gasteiger partial charge in [-0.05, 0) is 5.56 Å². The van der Waals surface area contributed by atoms with Crippen LogP contribution in [0.1, 0.15) is 5.56 Å². The molecular weight excluding hydrogens is 247 g/mol. The third kappa shape index (κ3) is 3.04. The van der Waals surface area contributed by atoms with Gasteiger partial charge >= 0.3 is 0 Å². The van der Waals surface area contributed by atoms with E-state index in [1.165, 1.54) is 5.56 Å². The molecule has 0 aliphatic heterocycles. The number of hydrogen-bond donors (Lipinski definition) is 0. The molecule has 2 aromatic carbocycles. The summed E-state index contributed by atoms with van der Waals surface area (Å²) in [6, 6.07) is 20.4. The Labute approximate surface area is 108 Å². The van der Waals surface area contributed by atoms with E-state index >= 15 is 0 Å². The molecule has 0 aromatic heterocycles. The molecule has 0 fully saturated rings. The van der Waals surface area contributed by atoms with Gasteiger partial charge in [-0.2, -0.15) is 0 Å². The zero-order valence-electron chi connectivity index (χ0n) is 9.74. The van der Waals surface area contributed by atoms with Crippen molar-refractivity contribution in [1.82, 2.24) is 0 Å². The van der Waals surface area contributed by atoms with Gasteiger partial charge in [-0.3, -0.25) is 0 Å². The molecule has 2 rings (SSSR count). The van der Waals surface area contributed by atoms with Crippen LogP contribution in [0, 0.1) is 0 Å². The standard InChI is InChI=1S/C14H15OPS/c1-15-16(17,14-10-6-3-7-11-14)12-13-8-4-2-5-9-13/h2-11H,12H2,1H3. The molecule has 88 valence electrons. The molecule has 0 saturated heterocycles. The second kappa shape index (κ2) is 5.59. The summed E-state index contributed by atoms with van der Waals surface area (Å²) in [7, 11) is 1.72. The van der Waals surface area contributed by atoms with Crippen LogP contribution in [-0.2, 0) is 22.5 Å². The van der Waals surface area contributed by atoms with E-state index in [-0.39, 0.29) is 0 Å². The second-order valence-corrected chi connectivity index (χ2v) is 8.15. The highest BCUT2D eigenvalue weighted by molar-refractivity contribution is 8.15. The maximum absolute atomic E-state index is 5.74. The Kier molecular flexibility index (Phi) is 4.11. The van der Waals surface area contributed by atoms with Gasteiger partial charge in [-0.1, -0.05) is 72.5 Å². The van der Waals surface area contributed by atoms with Crippen molar-refractivity contribution < 1.29 is 4.52 Å². The van der Waals surface area contributed by atoms with Crippen LogP contribution in [0.3, 0.4) is 0 Å². The SMILES string of the molecule is COP(=S)(Cc1ccccc1)c1ccccc1. The van der Waals surface area contributed by atoms with Crippen LogP contribution in [0.4, 0.5) is 0 Å². The van der Waals surface area contributed by atoms with E-state index in [9.17, 15) is 0 Å². The quantitative estimate of drug-likeness (QED) is 0.779. The van der Waals surface area contributed by atoms with Crippen molar-refractivity contribution in [3.05, 3.63) is 66.2 Å². The van der Waals surface area contributed by atoms with E-state index in [0.717, 1.165) is 11.5 Å². The Balaban J connectivity index is 2.30. The third-order valence-electron chi connectivity index (χ3n) is 2.68. The zero-order chi connectivity index (χ0) is 12.1. The van der Waals surface area contributed by atoms with E-state index < -0.39 is 6.26 Å². The highest BCUT2D eigenvalue weighted by Crippen LogP contribution is 2.48. The number of hydrogen-bond acceptors (Lipinski definition) is 2. The van der Waals surface area contributed by atoms with Crippen molar-refractivity contribution in [2.75, 3.05) is 7.11 Å². The summed E-state index contributed by atoms with van der Waals surface area (Å²) in [5, 5.41) is 1.14. The molecular formula is C14H15OPS. The summed E-state index contributed by atoms with van der Waals surface area (Å²) in [6.45, 7) is 0. The second-order valence-electron chi connectivity index (χ2n) is 3.84. The topological polar surface area (TPSA) is 9.23 Å². The third-order valence-corrected chi connectivity index (χ3v) is 6.60. The largest absolute Gasteiger partial charge is 0.349 e. The van der Waals surface area contributed by atoms with Crippen molar-refractivity contribution in [2.24, 2.45) is 0 Å². The minimum atomic E-state index is -1.94. The Morgan fingerprint density at radius 3 is 2.00 bits per heavy atom. The molecule has 2 aromatic rings. The Morgan fingerprint density at radius 2 is 1.47 bits per heavy atom. The summed E-state index contributed by atoms with van der Waals surface area (Å²) in [4.78, 5) is 0. The van der Waals surface area contributed by atoms with E-state index in [1.807, 2.05) is 36.4 Å². The maximum atomic E-state index is 5.74. The van der Waals surface area contributed by atoms with Crippen LogP contribution in [-0.4, -0.2) is 7.11 Å². The molecule has 0 saturated carbocycles. The van der Waals surface area contributed by atoms with Crippen LogP contribution in [0.2, 0.25) is 0 Å². The van der Waals surface area contributed by atoms with E-state index in [1.54, 1.807) is 7.11 Å². The van der Waals surface area contributed by atoms with Crippen LogP contribution in [0.15, 0.2) is 60.7 Å². The molecule has 0 aliphatic carbocycles. The lowest BCUT2D eigenvalue weighted by atomic mass is 10.2. The molecule has 1 unspecified atom stereocenters. The summed E-state index contributed by atoms with van der Waals surface area (Å²) in [6.07, 6.45) is -1.13. The minimum absolute atomic E-state index is 0.809. The van der Waals surface area contributed by atoms with Gasteiger partial charge in [-0.25, -0.2) is 0 Å². The van der Waals surface area contributed by atoms with Gasteiger partial charge in [0.1, 0.15) is 0 Å². The summed E-state index contributed by atoms with van der Waals surface area (Å²) >= 11 is 5.74. The number of benzene rings is 2. The van der Waals surface area contributed by atoms with Crippen LogP contribution < -0.4 is 5.30 Å². The molecule has 0 radical (unpaired) electrons. The van der Waals surface area contributed by atoms with Gasteiger partial charge < -0.3 is 4.52 Å². The van der Waals surface area contributed by atoms with Crippen molar-refractivity contribution in [3.63, 3.8) is 0 Å². The van der Waals surface area contributed by atoms with Crippen LogP contribution >= 0.6 is 6.26 Å². The van der Waals surface area contributed by atoms with Gasteiger partial charge in [0, 0.05) is 18.6 Å². The first kappa shape index (κ1) is 12.5. The predicted molar refractivity (Wildman–Crippen MR) is 77.5 cm³/mol. The monoisotopic (exact) mass is 262 g/mol. The highest BCUT2D eigenvalue weighted by Gasteiger charge is 2.19. The lowest BCUT2D eigenvalue weighted by Gasteiger charge is -2.20. The lowest BCUT2D eigenvalue weighted by molar-refractivity contribution is 0.465. The van der Waals surface area contributed by atoms with Gasteiger partial charge in [-0.15, -0.1) is 0 Å².